The topological polar surface area (TPSA) is 88.1 Å². The summed E-state index contributed by atoms with van der Waals surface area (Å²) in [5.74, 6) is 2.16. The maximum atomic E-state index is 5.46. The standard InChI is InChI=1S/C20H19N5O3/c1-12-7-5-6-8-15(12)19-21-20(28-23-19)18-13(2)25(24-22-18)16-11-14(26-3)9-10-17(16)27-4/h5-11H,1-4H3. The Morgan fingerprint density at radius 1 is 1.00 bits per heavy atom. The van der Waals surface area contributed by atoms with Crippen LogP contribution in [0.5, 0.6) is 11.5 Å². The average molecular weight is 377 g/mol. The average Bonchev–Trinajstić information content (AvgIpc) is 3.34. The maximum Gasteiger partial charge on any atom is 0.280 e. The molecule has 0 aliphatic heterocycles. The van der Waals surface area contributed by atoms with E-state index in [2.05, 4.69) is 20.5 Å². The van der Waals surface area contributed by atoms with E-state index in [9.17, 15) is 0 Å². The summed E-state index contributed by atoms with van der Waals surface area (Å²) in [5.41, 5.74) is 3.94. The molecule has 28 heavy (non-hydrogen) atoms. The van der Waals surface area contributed by atoms with Crippen molar-refractivity contribution in [1.82, 2.24) is 25.1 Å². The minimum Gasteiger partial charge on any atom is -0.497 e. The van der Waals surface area contributed by atoms with E-state index in [1.807, 2.05) is 56.3 Å². The van der Waals surface area contributed by atoms with Gasteiger partial charge in [0.2, 0.25) is 5.82 Å². The fraction of sp³-hybridized carbons (Fsp3) is 0.200. The molecule has 2 aromatic carbocycles. The summed E-state index contributed by atoms with van der Waals surface area (Å²) in [6, 6.07) is 13.3. The van der Waals surface area contributed by atoms with E-state index in [0.717, 1.165) is 16.8 Å². The van der Waals surface area contributed by atoms with Crippen LogP contribution >= 0.6 is 0 Å². The van der Waals surface area contributed by atoms with Crippen molar-refractivity contribution in [2.45, 2.75) is 13.8 Å². The zero-order chi connectivity index (χ0) is 19.7. The molecule has 0 amide bonds. The van der Waals surface area contributed by atoms with Gasteiger partial charge in [0, 0.05) is 11.6 Å². The quantitative estimate of drug-likeness (QED) is 0.525. The van der Waals surface area contributed by atoms with E-state index < -0.39 is 0 Å². The van der Waals surface area contributed by atoms with E-state index in [0.29, 0.717) is 34.6 Å². The number of rotatable bonds is 5. The Balaban J connectivity index is 1.76. The molecule has 0 radical (unpaired) electrons. The van der Waals surface area contributed by atoms with Crippen molar-refractivity contribution in [3.8, 4) is 40.2 Å². The molecule has 0 saturated carbocycles. The third kappa shape index (κ3) is 2.98. The van der Waals surface area contributed by atoms with Crippen molar-refractivity contribution in [1.29, 1.82) is 0 Å². The molecule has 142 valence electrons. The molecular formula is C20H19N5O3. The summed E-state index contributed by atoms with van der Waals surface area (Å²) in [6.45, 7) is 3.88. The third-order valence-electron chi connectivity index (χ3n) is 4.52. The molecule has 8 nitrogen and oxygen atoms in total. The van der Waals surface area contributed by atoms with Crippen LogP contribution in [0, 0.1) is 13.8 Å². The van der Waals surface area contributed by atoms with Crippen LogP contribution in [0.3, 0.4) is 0 Å². The van der Waals surface area contributed by atoms with E-state index >= 15 is 0 Å². The lowest BCUT2D eigenvalue weighted by Crippen LogP contribution is -2.02. The van der Waals surface area contributed by atoms with Crippen molar-refractivity contribution >= 4 is 0 Å². The van der Waals surface area contributed by atoms with Crippen molar-refractivity contribution in [3.05, 3.63) is 53.7 Å². The molecule has 0 aliphatic rings. The van der Waals surface area contributed by atoms with Crippen LogP contribution in [0.25, 0.3) is 28.7 Å². The molecule has 0 atom stereocenters. The minimum absolute atomic E-state index is 0.309. The molecule has 0 unspecified atom stereocenters. The molecule has 2 heterocycles. The second-order valence-electron chi connectivity index (χ2n) is 6.21. The van der Waals surface area contributed by atoms with Crippen molar-refractivity contribution < 1.29 is 14.0 Å². The predicted octanol–water partition coefficient (Wildman–Crippen LogP) is 3.62. The molecule has 0 bridgehead atoms. The normalized spacial score (nSPS) is 10.9. The van der Waals surface area contributed by atoms with Gasteiger partial charge in [0.25, 0.3) is 5.89 Å². The Labute approximate surface area is 161 Å². The molecule has 0 fully saturated rings. The van der Waals surface area contributed by atoms with Crippen molar-refractivity contribution in [2.75, 3.05) is 14.2 Å². The number of hydrogen-bond donors (Lipinski definition) is 0. The second-order valence-corrected chi connectivity index (χ2v) is 6.21. The Hall–Kier alpha value is -3.68. The predicted molar refractivity (Wildman–Crippen MR) is 103 cm³/mol. The first-order valence-electron chi connectivity index (χ1n) is 8.67. The molecule has 2 aromatic heterocycles. The molecule has 0 spiro atoms. The lowest BCUT2D eigenvalue weighted by Gasteiger charge is -2.11. The first-order valence-corrected chi connectivity index (χ1v) is 8.67. The Kier molecular flexibility index (Phi) is 4.52. The highest BCUT2D eigenvalue weighted by molar-refractivity contribution is 5.62. The van der Waals surface area contributed by atoms with Crippen LogP contribution in [-0.4, -0.2) is 39.4 Å². The van der Waals surface area contributed by atoms with Gasteiger partial charge in [0.05, 0.1) is 19.9 Å². The number of nitrogens with zero attached hydrogens (tertiary/aromatic N) is 5. The Bertz CT molecular complexity index is 1130. The first kappa shape index (κ1) is 17.7. The van der Waals surface area contributed by atoms with Crippen molar-refractivity contribution in [3.63, 3.8) is 0 Å². The van der Waals surface area contributed by atoms with Gasteiger partial charge in [-0.15, -0.1) is 5.10 Å². The van der Waals surface area contributed by atoms with Crippen LogP contribution in [-0.2, 0) is 0 Å². The summed E-state index contributed by atoms with van der Waals surface area (Å²) in [5, 5.41) is 12.6. The molecule has 8 heteroatoms. The van der Waals surface area contributed by atoms with Gasteiger partial charge in [-0.25, -0.2) is 4.68 Å². The number of benzene rings is 2. The van der Waals surface area contributed by atoms with Gasteiger partial charge in [-0.2, -0.15) is 4.98 Å². The van der Waals surface area contributed by atoms with Crippen LogP contribution in [0.4, 0.5) is 0 Å². The maximum absolute atomic E-state index is 5.46. The fourth-order valence-electron chi connectivity index (χ4n) is 2.97. The lowest BCUT2D eigenvalue weighted by atomic mass is 10.1. The minimum atomic E-state index is 0.309. The first-order chi connectivity index (χ1) is 13.6. The number of ether oxygens (including phenoxy) is 2. The summed E-state index contributed by atoms with van der Waals surface area (Å²) in [7, 11) is 3.21. The number of aryl methyl sites for hydroxylation is 1. The van der Waals surface area contributed by atoms with Gasteiger partial charge >= 0.3 is 0 Å². The number of aromatic nitrogens is 5. The van der Waals surface area contributed by atoms with Gasteiger partial charge in [-0.3, -0.25) is 0 Å². The van der Waals surface area contributed by atoms with Gasteiger partial charge in [-0.05, 0) is 31.5 Å². The van der Waals surface area contributed by atoms with Gasteiger partial charge < -0.3 is 14.0 Å². The molecule has 0 N–H and O–H groups in total. The van der Waals surface area contributed by atoms with E-state index in [1.54, 1.807) is 18.9 Å². The van der Waals surface area contributed by atoms with Crippen LogP contribution in [0.15, 0.2) is 47.0 Å². The second kappa shape index (κ2) is 7.15. The molecule has 4 aromatic rings. The zero-order valence-corrected chi connectivity index (χ0v) is 16.0. The number of methoxy groups -OCH3 is 2. The van der Waals surface area contributed by atoms with Gasteiger partial charge in [0.1, 0.15) is 17.2 Å². The highest BCUT2D eigenvalue weighted by Gasteiger charge is 2.21. The van der Waals surface area contributed by atoms with Crippen LogP contribution < -0.4 is 9.47 Å². The lowest BCUT2D eigenvalue weighted by molar-refractivity contribution is 0.400. The molecule has 0 saturated heterocycles. The van der Waals surface area contributed by atoms with E-state index in [-0.39, 0.29) is 0 Å². The highest BCUT2D eigenvalue weighted by Crippen LogP contribution is 2.31. The van der Waals surface area contributed by atoms with Crippen LogP contribution in [0.2, 0.25) is 0 Å². The monoisotopic (exact) mass is 377 g/mol. The molecule has 0 aliphatic carbocycles. The summed E-state index contributed by atoms with van der Waals surface area (Å²) < 4.78 is 17.9. The Morgan fingerprint density at radius 3 is 2.57 bits per heavy atom. The summed E-state index contributed by atoms with van der Waals surface area (Å²) in [4.78, 5) is 4.51. The van der Waals surface area contributed by atoms with Crippen LogP contribution in [0.1, 0.15) is 11.3 Å². The van der Waals surface area contributed by atoms with E-state index in [4.69, 9.17) is 14.0 Å². The summed E-state index contributed by atoms with van der Waals surface area (Å²) >= 11 is 0. The molecule has 4 rings (SSSR count). The van der Waals surface area contributed by atoms with Gasteiger partial charge in [0.15, 0.2) is 5.69 Å². The Morgan fingerprint density at radius 2 is 1.82 bits per heavy atom. The van der Waals surface area contributed by atoms with E-state index in [1.165, 1.54) is 0 Å². The zero-order valence-electron chi connectivity index (χ0n) is 16.0. The smallest absolute Gasteiger partial charge is 0.280 e. The van der Waals surface area contributed by atoms with Gasteiger partial charge in [-0.1, -0.05) is 34.6 Å². The third-order valence-corrected chi connectivity index (χ3v) is 4.52. The SMILES string of the molecule is COc1ccc(OC)c(-n2nnc(-c3nc(-c4ccccc4C)no3)c2C)c1. The van der Waals surface area contributed by atoms with Crippen molar-refractivity contribution in [2.24, 2.45) is 0 Å². The summed E-state index contributed by atoms with van der Waals surface area (Å²) in [6.07, 6.45) is 0. The fourth-order valence-corrected chi connectivity index (χ4v) is 2.97. The number of hydrogen-bond acceptors (Lipinski definition) is 7. The largest absolute Gasteiger partial charge is 0.497 e. The molecular weight excluding hydrogens is 358 g/mol. The highest BCUT2D eigenvalue weighted by atomic mass is 16.5.